The number of carbonyl (C=O) groups excluding carboxylic acids is 2. The van der Waals surface area contributed by atoms with E-state index < -0.39 is 5.82 Å². The number of rotatable bonds is 6. The number of piperidine rings is 1. The lowest BCUT2D eigenvalue weighted by atomic mass is 10.0. The summed E-state index contributed by atoms with van der Waals surface area (Å²) < 4.78 is 23.5. The van der Waals surface area contributed by atoms with Gasteiger partial charge in [-0.3, -0.25) is 14.3 Å². The summed E-state index contributed by atoms with van der Waals surface area (Å²) in [7, 11) is 0. The number of halogens is 1. The smallest absolute Gasteiger partial charge is 0.264 e. The molecule has 0 radical (unpaired) electrons. The van der Waals surface area contributed by atoms with Gasteiger partial charge in [-0.2, -0.15) is 0 Å². The standard InChI is InChI=1S/C20H25FN2O3S/c1-12(24)23-8-2-3-14(11-23)26-19-10-18(21)17(9-16(19)13-4-5-13)20(25)22-27-15-6-7-15/h9-10,13-15H,2-8,11H2,1H3,(H,22,25)/t14-/m1/s1. The highest BCUT2D eigenvalue weighted by molar-refractivity contribution is 7.98. The van der Waals surface area contributed by atoms with Crippen LogP contribution in [0.3, 0.4) is 0 Å². The van der Waals surface area contributed by atoms with Gasteiger partial charge in [-0.05, 0) is 68.0 Å². The highest BCUT2D eigenvalue weighted by atomic mass is 32.2. The highest BCUT2D eigenvalue weighted by Gasteiger charge is 2.32. The molecule has 0 aromatic heterocycles. The summed E-state index contributed by atoms with van der Waals surface area (Å²) in [6.07, 6.45) is 5.86. The minimum absolute atomic E-state index is 0.0390. The fourth-order valence-corrected chi connectivity index (χ4v) is 4.19. The quantitative estimate of drug-likeness (QED) is 0.751. The Bertz CT molecular complexity index is 749. The molecule has 1 saturated heterocycles. The molecule has 0 spiro atoms. The summed E-state index contributed by atoms with van der Waals surface area (Å²) in [4.78, 5) is 25.8. The van der Waals surface area contributed by atoms with E-state index in [4.69, 9.17) is 4.74 Å². The largest absolute Gasteiger partial charge is 0.488 e. The minimum Gasteiger partial charge on any atom is -0.488 e. The second kappa shape index (κ2) is 7.70. The van der Waals surface area contributed by atoms with E-state index in [0.29, 0.717) is 23.5 Å². The number of nitrogens with one attached hydrogen (secondary N) is 1. The molecule has 7 heteroatoms. The van der Waals surface area contributed by atoms with E-state index in [9.17, 15) is 14.0 Å². The summed E-state index contributed by atoms with van der Waals surface area (Å²) in [6.45, 7) is 2.84. The Hall–Kier alpha value is -1.76. The first-order valence-corrected chi connectivity index (χ1v) is 10.6. The molecule has 27 heavy (non-hydrogen) atoms. The van der Waals surface area contributed by atoms with Crippen molar-refractivity contribution in [2.75, 3.05) is 13.1 Å². The van der Waals surface area contributed by atoms with Crippen LogP contribution in [-0.4, -0.2) is 41.2 Å². The van der Waals surface area contributed by atoms with Gasteiger partial charge in [0.15, 0.2) is 0 Å². The third-order valence-electron chi connectivity index (χ3n) is 5.32. The van der Waals surface area contributed by atoms with Crippen molar-refractivity contribution >= 4 is 23.8 Å². The van der Waals surface area contributed by atoms with Crippen molar-refractivity contribution in [3.05, 3.63) is 29.1 Å². The van der Waals surface area contributed by atoms with E-state index in [2.05, 4.69) is 4.72 Å². The van der Waals surface area contributed by atoms with Crippen molar-refractivity contribution in [2.24, 2.45) is 0 Å². The number of carbonyl (C=O) groups is 2. The molecule has 0 unspecified atom stereocenters. The first-order valence-electron chi connectivity index (χ1n) is 9.73. The van der Waals surface area contributed by atoms with Crippen molar-refractivity contribution in [3.8, 4) is 5.75 Å². The van der Waals surface area contributed by atoms with Crippen LogP contribution < -0.4 is 9.46 Å². The molecule has 146 valence electrons. The molecule has 2 aliphatic carbocycles. The van der Waals surface area contributed by atoms with Crippen LogP contribution in [0.2, 0.25) is 0 Å². The number of likely N-dealkylation sites (tertiary alicyclic amines) is 1. The summed E-state index contributed by atoms with van der Waals surface area (Å²) in [5.41, 5.74) is 1.00. The second-order valence-electron chi connectivity index (χ2n) is 7.74. The Kier molecular flexibility index (Phi) is 5.30. The fraction of sp³-hybridized carbons (Fsp3) is 0.600. The van der Waals surface area contributed by atoms with Gasteiger partial charge in [0, 0.05) is 24.8 Å². The van der Waals surface area contributed by atoms with Crippen LogP contribution in [0.5, 0.6) is 5.75 Å². The average molecular weight is 392 g/mol. The Balaban J connectivity index is 1.50. The lowest BCUT2D eigenvalue weighted by Crippen LogP contribution is -2.43. The van der Waals surface area contributed by atoms with Crippen molar-refractivity contribution in [1.82, 2.24) is 9.62 Å². The van der Waals surface area contributed by atoms with E-state index in [1.807, 2.05) is 0 Å². The molecular weight excluding hydrogens is 367 g/mol. The van der Waals surface area contributed by atoms with Gasteiger partial charge in [-0.15, -0.1) is 0 Å². The SMILES string of the molecule is CC(=O)N1CCC[C@@H](Oc2cc(F)c(C(=O)NSC3CC3)cc2C2CC2)C1. The van der Waals surface area contributed by atoms with E-state index >= 15 is 0 Å². The molecule has 1 aromatic rings. The van der Waals surface area contributed by atoms with Gasteiger partial charge in [0.05, 0.1) is 12.1 Å². The van der Waals surface area contributed by atoms with Crippen LogP contribution in [-0.2, 0) is 4.79 Å². The first-order chi connectivity index (χ1) is 13.0. The van der Waals surface area contributed by atoms with E-state index in [0.717, 1.165) is 50.6 Å². The summed E-state index contributed by atoms with van der Waals surface area (Å²) in [6, 6.07) is 3.02. The Morgan fingerprint density at radius 3 is 2.67 bits per heavy atom. The number of hydrogen-bond donors (Lipinski definition) is 1. The zero-order valence-electron chi connectivity index (χ0n) is 15.5. The minimum atomic E-state index is -0.553. The monoisotopic (exact) mass is 392 g/mol. The molecule has 0 bridgehead atoms. The van der Waals surface area contributed by atoms with Crippen LogP contribution in [0.15, 0.2) is 12.1 Å². The second-order valence-corrected chi connectivity index (χ2v) is 8.85. The van der Waals surface area contributed by atoms with Crippen LogP contribution in [0, 0.1) is 5.82 Å². The maximum Gasteiger partial charge on any atom is 0.264 e. The zero-order chi connectivity index (χ0) is 19.0. The molecule has 2 saturated carbocycles. The predicted molar refractivity (Wildman–Crippen MR) is 102 cm³/mol. The number of hydrogen-bond acceptors (Lipinski definition) is 4. The molecule has 2 amide bonds. The zero-order valence-corrected chi connectivity index (χ0v) is 16.3. The number of amides is 2. The number of nitrogens with zero attached hydrogens (tertiary/aromatic N) is 1. The van der Waals surface area contributed by atoms with Crippen molar-refractivity contribution in [2.45, 2.75) is 62.7 Å². The Labute approximate surface area is 163 Å². The van der Waals surface area contributed by atoms with Crippen molar-refractivity contribution in [1.29, 1.82) is 0 Å². The summed E-state index contributed by atoms with van der Waals surface area (Å²) in [5.74, 6) is -0.0367. The maximum atomic E-state index is 14.6. The Morgan fingerprint density at radius 2 is 2.00 bits per heavy atom. The summed E-state index contributed by atoms with van der Waals surface area (Å²) in [5, 5.41) is 0.470. The first kappa shape index (κ1) is 18.6. The van der Waals surface area contributed by atoms with Crippen molar-refractivity contribution in [3.63, 3.8) is 0 Å². The topological polar surface area (TPSA) is 58.6 Å². The maximum absolute atomic E-state index is 14.6. The Morgan fingerprint density at radius 1 is 1.22 bits per heavy atom. The van der Waals surface area contributed by atoms with Crippen LogP contribution in [0.1, 0.15) is 67.3 Å². The molecular formula is C20H25FN2O3S. The molecule has 3 aliphatic rings. The normalized spacial score (nSPS) is 22.4. The van der Waals surface area contributed by atoms with Crippen LogP contribution in [0.4, 0.5) is 4.39 Å². The van der Waals surface area contributed by atoms with Gasteiger partial charge in [-0.25, -0.2) is 4.39 Å². The predicted octanol–water partition coefficient (Wildman–Crippen LogP) is 3.63. The third kappa shape index (κ3) is 4.57. The lowest BCUT2D eigenvalue weighted by Gasteiger charge is -2.32. The van der Waals surface area contributed by atoms with Crippen molar-refractivity contribution < 1.29 is 18.7 Å². The van der Waals surface area contributed by atoms with Gasteiger partial charge >= 0.3 is 0 Å². The summed E-state index contributed by atoms with van der Waals surface area (Å²) >= 11 is 1.38. The average Bonchev–Trinajstić information content (AvgIpc) is 3.54. The van der Waals surface area contributed by atoms with Crippen LogP contribution >= 0.6 is 11.9 Å². The molecule has 1 atom stereocenters. The van der Waals surface area contributed by atoms with Gasteiger partial charge in [-0.1, -0.05) is 0 Å². The number of ether oxygens (including phenoxy) is 1. The lowest BCUT2D eigenvalue weighted by molar-refractivity contribution is -0.131. The van der Waals surface area contributed by atoms with E-state index in [-0.39, 0.29) is 23.5 Å². The molecule has 1 N–H and O–H groups in total. The highest BCUT2D eigenvalue weighted by Crippen LogP contribution is 2.45. The molecule has 1 aliphatic heterocycles. The van der Waals surface area contributed by atoms with E-state index in [1.165, 1.54) is 18.0 Å². The third-order valence-corrected chi connectivity index (χ3v) is 6.43. The molecule has 1 aromatic carbocycles. The number of benzene rings is 1. The van der Waals surface area contributed by atoms with E-state index in [1.54, 1.807) is 17.9 Å². The van der Waals surface area contributed by atoms with Gasteiger partial charge in [0.1, 0.15) is 17.7 Å². The molecule has 4 rings (SSSR count). The van der Waals surface area contributed by atoms with Gasteiger partial charge < -0.3 is 9.64 Å². The van der Waals surface area contributed by atoms with Gasteiger partial charge in [0.25, 0.3) is 5.91 Å². The molecule has 3 fully saturated rings. The van der Waals surface area contributed by atoms with Crippen LogP contribution in [0.25, 0.3) is 0 Å². The molecule has 5 nitrogen and oxygen atoms in total. The molecule has 1 heterocycles. The fourth-order valence-electron chi connectivity index (χ4n) is 3.44. The van der Waals surface area contributed by atoms with Gasteiger partial charge in [0.2, 0.25) is 5.91 Å².